The lowest BCUT2D eigenvalue weighted by Gasteiger charge is -2.36. The molecule has 1 heterocycles. The molecule has 0 aromatic heterocycles. The average Bonchev–Trinajstić information content (AvgIpc) is 2.33. The molecule has 0 aromatic carbocycles. The van der Waals surface area contributed by atoms with Crippen molar-refractivity contribution < 1.29 is 8.42 Å². The van der Waals surface area contributed by atoms with Crippen molar-refractivity contribution in [3.63, 3.8) is 0 Å². The Hall–Kier alpha value is 0.200. The lowest BCUT2D eigenvalue weighted by molar-refractivity contribution is 0.280. The van der Waals surface area contributed by atoms with Gasteiger partial charge in [-0.15, -0.1) is 11.6 Å². The largest absolute Gasteiger partial charge is 0.216 e. The topological polar surface area (TPSA) is 37.4 Å². The SMILES string of the molecule is CC1CN(S(=O)(=O)C2CCCCC2)CCC1Cl. The molecule has 2 rings (SSSR count). The summed E-state index contributed by atoms with van der Waals surface area (Å²) in [4.78, 5) is 0. The van der Waals surface area contributed by atoms with E-state index < -0.39 is 10.0 Å². The van der Waals surface area contributed by atoms with Crippen LogP contribution in [0.2, 0.25) is 0 Å². The van der Waals surface area contributed by atoms with Gasteiger partial charge in [-0.05, 0) is 25.2 Å². The molecule has 2 aliphatic rings. The van der Waals surface area contributed by atoms with Crippen molar-refractivity contribution in [3.05, 3.63) is 0 Å². The Morgan fingerprint density at radius 2 is 1.76 bits per heavy atom. The monoisotopic (exact) mass is 279 g/mol. The summed E-state index contributed by atoms with van der Waals surface area (Å²) in [6.45, 7) is 3.25. The highest BCUT2D eigenvalue weighted by atomic mass is 35.5. The zero-order valence-corrected chi connectivity index (χ0v) is 12.0. The van der Waals surface area contributed by atoms with E-state index in [0.29, 0.717) is 13.1 Å². The smallest absolute Gasteiger partial charge is 0.212 e. The number of hydrogen-bond acceptors (Lipinski definition) is 2. The van der Waals surface area contributed by atoms with Gasteiger partial charge in [0, 0.05) is 18.5 Å². The lowest BCUT2D eigenvalue weighted by atomic mass is 10.0. The average molecular weight is 280 g/mol. The van der Waals surface area contributed by atoms with Gasteiger partial charge in [0.2, 0.25) is 10.0 Å². The molecule has 100 valence electrons. The van der Waals surface area contributed by atoms with Crippen molar-refractivity contribution in [2.45, 2.75) is 56.1 Å². The summed E-state index contributed by atoms with van der Waals surface area (Å²) in [6.07, 6.45) is 5.78. The van der Waals surface area contributed by atoms with Crippen LogP contribution in [0.25, 0.3) is 0 Å². The molecule has 5 heteroatoms. The number of nitrogens with zero attached hydrogens (tertiary/aromatic N) is 1. The maximum atomic E-state index is 12.5. The molecule has 0 spiro atoms. The van der Waals surface area contributed by atoms with Crippen LogP contribution >= 0.6 is 11.6 Å². The van der Waals surface area contributed by atoms with Gasteiger partial charge >= 0.3 is 0 Å². The van der Waals surface area contributed by atoms with E-state index in [0.717, 1.165) is 32.1 Å². The summed E-state index contributed by atoms with van der Waals surface area (Å²) in [7, 11) is -3.07. The van der Waals surface area contributed by atoms with E-state index in [4.69, 9.17) is 11.6 Å². The molecule has 1 saturated carbocycles. The lowest BCUT2D eigenvalue weighted by Crippen LogP contribution is -2.47. The molecule has 2 atom stereocenters. The second-order valence-corrected chi connectivity index (χ2v) is 8.22. The van der Waals surface area contributed by atoms with Crippen LogP contribution < -0.4 is 0 Å². The number of halogens is 1. The van der Waals surface area contributed by atoms with Crippen molar-refractivity contribution in [3.8, 4) is 0 Å². The molecule has 2 unspecified atom stereocenters. The first-order valence-electron chi connectivity index (χ1n) is 6.65. The number of rotatable bonds is 2. The third-order valence-electron chi connectivity index (χ3n) is 4.10. The van der Waals surface area contributed by atoms with Crippen molar-refractivity contribution in [1.29, 1.82) is 0 Å². The van der Waals surface area contributed by atoms with E-state index in [1.807, 2.05) is 6.92 Å². The van der Waals surface area contributed by atoms with Crippen LogP contribution in [0.3, 0.4) is 0 Å². The number of piperidine rings is 1. The Labute approximate surface area is 110 Å². The molecule has 0 aromatic rings. The molecule has 0 amide bonds. The fourth-order valence-corrected chi connectivity index (χ4v) is 5.21. The van der Waals surface area contributed by atoms with E-state index in [2.05, 4.69) is 0 Å². The van der Waals surface area contributed by atoms with Crippen molar-refractivity contribution >= 4 is 21.6 Å². The maximum absolute atomic E-state index is 12.5. The van der Waals surface area contributed by atoms with Crippen LogP contribution in [0.15, 0.2) is 0 Å². The first-order chi connectivity index (χ1) is 8.01. The molecule has 2 fully saturated rings. The molecule has 1 aliphatic heterocycles. The third-order valence-corrected chi connectivity index (χ3v) is 7.11. The quantitative estimate of drug-likeness (QED) is 0.729. The first kappa shape index (κ1) is 13.6. The van der Waals surface area contributed by atoms with Crippen LogP contribution in [0.5, 0.6) is 0 Å². The number of sulfonamides is 1. The van der Waals surface area contributed by atoms with Gasteiger partial charge < -0.3 is 0 Å². The van der Waals surface area contributed by atoms with E-state index in [-0.39, 0.29) is 16.5 Å². The molecule has 1 aliphatic carbocycles. The van der Waals surface area contributed by atoms with E-state index in [1.54, 1.807) is 4.31 Å². The van der Waals surface area contributed by atoms with Crippen LogP contribution in [-0.2, 0) is 10.0 Å². The highest BCUT2D eigenvalue weighted by Gasteiger charge is 2.36. The number of hydrogen-bond donors (Lipinski definition) is 0. The molecular formula is C12H22ClNO2S. The fraction of sp³-hybridized carbons (Fsp3) is 1.00. The molecule has 0 N–H and O–H groups in total. The fourth-order valence-electron chi connectivity index (χ4n) is 2.88. The van der Waals surface area contributed by atoms with Crippen LogP contribution in [0, 0.1) is 5.92 Å². The van der Waals surface area contributed by atoms with Gasteiger partial charge in [-0.2, -0.15) is 0 Å². The minimum absolute atomic E-state index is 0.129. The van der Waals surface area contributed by atoms with Crippen LogP contribution in [0.1, 0.15) is 45.4 Å². The zero-order valence-electron chi connectivity index (χ0n) is 10.4. The second-order valence-electron chi connectivity index (χ2n) is 5.44. The van der Waals surface area contributed by atoms with Crippen LogP contribution in [-0.4, -0.2) is 36.4 Å². The summed E-state index contributed by atoms with van der Waals surface area (Å²) < 4.78 is 26.6. The van der Waals surface area contributed by atoms with E-state index in [1.165, 1.54) is 6.42 Å². The third kappa shape index (κ3) is 2.96. The highest BCUT2D eigenvalue weighted by Crippen LogP contribution is 2.30. The maximum Gasteiger partial charge on any atom is 0.216 e. The normalized spacial score (nSPS) is 33.8. The molecule has 17 heavy (non-hydrogen) atoms. The summed E-state index contributed by atoms with van der Waals surface area (Å²) in [5.41, 5.74) is 0. The van der Waals surface area contributed by atoms with E-state index >= 15 is 0 Å². The Morgan fingerprint density at radius 3 is 2.35 bits per heavy atom. The zero-order chi connectivity index (χ0) is 12.5. The van der Waals surface area contributed by atoms with Gasteiger partial charge in [0.15, 0.2) is 0 Å². The predicted molar refractivity (Wildman–Crippen MR) is 70.8 cm³/mol. The van der Waals surface area contributed by atoms with Gasteiger partial charge in [-0.3, -0.25) is 0 Å². The van der Waals surface area contributed by atoms with Crippen LogP contribution in [0.4, 0.5) is 0 Å². The Kier molecular flexibility index (Phi) is 4.37. The highest BCUT2D eigenvalue weighted by molar-refractivity contribution is 7.89. The molecule has 0 radical (unpaired) electrons. The predicted octanol–water partition coefficient (Wildman–Crippen LogP) is 2.60. The Bertz CT molecular complexity index is 352. The first-order valence-corrected chi connectivity index (χ1v) is 8.59. The van der Waals surface area contributed by atoms with E-state index in [9.17, 15) is 8.42 Å². The van der Waals surface area contributed by atoms with Gasteiger partial charge in [-0.25, -0.2) is 12.7 Å². The Morgan fingerprint density at radius 1 is 1.12 bits per heavy atom. The summed E-state index contributed by atoms with van der Waals surface area (Å²) >= 11 is 6.15. The van der Waals surface area contributed by atoms with Gasteiger partial charge in [0.1, 0.15) is 0 Å². The Balaban J connectivity index is 2.04. The molecule has 0 bridgehead atoms. The molecular weight excluding hydrogens is 258 g/mol. The minimum atomic E-state index is -3.07. The van der Waals surface area contributed by atoms with Gasteiger partial charge in [-0.1, -0.05) is 26.2 Å². The number of alkyl halides is 1. The second kappa shape index (κ2) is 5.45. The van der Waals surface area contributed by atoms with Crippen molar-refractivity contribution in [1.82, 2.24) is 4.31 Å². The van der Waals surface area contributed by atoms with Crippen molar-refractivity contribution in [2.75, 3.05) is 13.1 Å². The standard InChI is InChI=1S/C12H22ClNO2S/c1-10-9-14(8-7-12(10)13)17(15,16)11-5-3-2-4-6-11/h10-12H,2-9H2,1H3. The van der Waals surface area contributed by atoms with Crippen molar-refractivity contribution in [2.24, 2.45) is 5.92 Å². The summed E-state index contributed by atoms with van der Waals surface area (Å²) in [5.74, 6) is 0.267. The van der Waals surface area contributed by atoms with Gasteiger partial charge in [0.05, 0.1) is 5.25 Å². The van der Waals surface area contributed by atoms with Gasteiger partial charge in [0.25, 0.3) is 0 Å². The summed E-state index contributed by atoms with van der Waals surface area (Å²) in [5, 5.41) is 0.00290. The molecule has 1 saturated heterocycles. The minimum Gasteiger partial charge on any atom is -0.212 e. The molecule has 3 nitrogen and oxygen atoms in total. The summed E-state index contributed by atoms with van der Waals surface area (Å²) in [6, 6.07) is 0.